The number of carbonyl (C=O) groups excluding carboxylic acids is 1. The van der Waals surface area contributed by atoms with Crippen molar-refractivity contribution < 1.29 is 22.7 Å². The first-order valence-electron chi connectivity index (χ1n) is 8.44. The molecule has 0 aliphatic rings. The summed E-state index contributed by atoms with van der Waals surface area (Å²) in [5, 5.41) is 7.97. The van der Waals surface area contributed by atoms with Crippen molar-refractivity contribution in [1.82, 2.24) is 15.5 Å². The van der Waals surface area contributed by atoms with E-state index in [9.17, 15) is 18.0 Å². The number of benzene rings is 1. The molecule has 11 heteroatoms. The van der Waals surface area contributed by atoms with Crippen molar-refractivity contribution in [2.24, 2.45) is 4.99 Å². The maximum atomic E-state index is 13.5. The summed E-state index contributed by atoms with van der Waals surface area (Å²) in [6, 6.07) is 1.70. The van der Waals surface area contributed by atoms with Crippen LogP contribution >= 0.6 is 24.0 Å². The number of nitrogens with one attached hydrogen (secondary N) is 3. The second-order valence-corrected chi connectivity index (χ2v) is 5.77. The highest BCUT2D eigenvalue weighted by atomic mass is 127. The van der Waals surface area contributed by atoms with Crippen molar-refractivity contribution in [3.05, 3.63) is 29.6 Å². The normalized spacial score (nSPS) is 11.2. The van der Waals surface area contributed by atoms with Crippen molar-refractivity contribution in [2.75, 3.05) is 59.3 Å². The molecule has 160 valence electrons. The Hall–Kier alpha value is -1.60. The van der Waals surface area contributed by atoms with E-state index in [0.717, 1.165) is 31.6 Å². The van der Waals surface area contributed by atoms with Crippen LogP contribution in [0.3, 0.4) is 0 Å². The Labute approximate surface area is 180 Å². The molecule has 0 saturated heterocycles. The van der Waals surface area contributed by atoms with Gasteiger partial charge in [-0.05, 0) is 25.6 Å². The number of amides is 1. The maximum absolute atomic E-state index is 13.5. The highest BCUT2D eigenvalue weighted by Crippen LogP contribution is 2.19. The zero-order valence-electron chi connectivity index (χ0n) is 16.2. The molecule has 3 N–H and O–H groups in total. The van der Waals surface area contributed by atoms with Gasteiger partial charge in [-0.25, -0.2) is 13.2 Å². The lowest BCUT2D eigenvalue weighted by atomic mass is 10.2. The lowest BCUT2D eigenvalue weighted by Gasteiger charge is -2.18. The molecule has 1 aromatic rings. The average molecular weight is 517 g/mol. The van der Waals surface area contributed by atoms with Gasteiger partial charge in [0.1, 0.15) is 0 Å². The summed E-state index contributed by atoms with van der Waals surface area (Å²) in [6.45, 7) is 2.74. The third-order valence-electron chi connectivity index (χ3n) is 3.62. The van der Waals surface area contributed by atoms with Crippen LogP contribution in [-0.4, -0.2) is 70.8 Å². The minimum Gasteiger partial charge on any atom is -0.385 e. The van der Waals surface area contributed by atoms with Crippen LogP contribution in [0.4, 0.5) is 18.9 Å². The van der Waals surface area contributed by atoms with Crippen LogP contribution < -0.4 is 16.0 Å². The number of carbonyl (C=O) groups is 1. The summed E-state index contributed by atoms with van der Waals surface area (Å²) >= 11 is 0. The van der Waals surface area contributed by atoms with Gasteiger partial charge in [0, 0.05) is 40.4 Å². The fourth-order valence-corrected chi connectivity index (χ4v) is 2.16. The molecule has 1 amide bonds. The average Bonchev–Trinajstić information content (AvgIpc) is 2.65. The van der Waals surface area contributed by atoms with Crippen molar-refractivity contribution >= 4 is 41.5 Å². The SMILES string of the molecule is CN=C(NCCN(C)CCCOC)NCC(=O)Nc1ccc(F)c(F)c1F.I. The molecule has 0 aromatic heterocycles. The first-order chi connectivity index (χ1) is 12.9. The molecule has 0 bridgehead atoms. The zero-order chi connectivity index (χ0) is 20.2. The van der Waals surface area contributed by atoms with Crippen molar-refractivity contribution in [2.45, 2.75) is 6.42 Å². The third-order valence-corrected chi connectivity index (χ3v) is 3.62. The summed E-state index contributed by atoms with van der Waals surface area (Å²) in [7, 11) is 5.19. The monoisotopic (exact) mass is 517 g/mol. The van der Waals surface area contributed by atoms with E-state index in [-0.39, 0.29) is 30.5 Å². The predicted molar refractivity (Wildman–Crippen MR) is 114 cm³/mol. The Bertz CT molecular complexity index is 649. The van der Waals surface area contributed by atoms with Crippen molar-refractivity contribution in [3.8, 4) is 0 Å². The highest BCUT2D eigenvalue weighted by Gasteiger charge is 2.15. The van der Waals surface area contributed by atoms with Gasteiger partial charge >= 0.3 is 0 Å². The fourth-order valence-electron chi connectivity index (χ4n) is 2.16. The third kappa shape index (κ3) is 9.55. The van der Waals surface area contributed by atoms with Gasteiger partial charge in [0.2, 0.25) is 5.91 Å². The number of hydrogen-bond donors (Lipinski definition) is 3. The predicted octanol–water partition coefficient (Wildman–Crippen LogP) is 1.79. The van der Waals surface area contributed by atoms with Gasteiger partial charge in [0.25, 0.3) is 0 Å². The lowest BCUT2D eigenvalue weighted by molar-refractivity contribution is -0.115. The number of hydrogen-bond acceptors (Lipinski definition) is 4. The minimum atomic E-state index is -1.63. The second-order valence-electron chi connectivity index (χ2n) is 5.77. The molecule has 0 heterocycles. The van der Waals surface area contributed by atoms with E-state index in [1.165, 1.54) is 0 Å². The van der Waals surface area contributed by atoms with Gasteiger partial charge in [-0.15, -0.1) is 24.0 Å². The molecule has 0 atom stereocenters. The molecule has 1 rings (SSSR count). The van der Waals surface area contributed by atoms with E-state index in [1.807, 2.05) is 7.05 Å². The number of ether oxygens (including phenoxy) is 1. The Balaban J connectivity index is 0.00000729. The van der Waals surface area contributed by atoms with Crippen LogP contribution in [0.15, 0.2) is 17.1 Å². The van der Waals surface area contributed by atoms with Gasteiger partial charge in [0.05, 0.1) is 12.2 Å². The summed E-state index contributed by atoms with van der Waals surface area (Å²) < 4.78 is 44.6. The molecule has 28 heavy (non-hydrogen) atoms. The smallest absolute Gasteiger partial charge is 0.243 e. The van der Waals surface area contributed by atoms with Gasteiger partial charge < -0.3 is 25.6 Å². The molecule has 0 saturated carbocycles. The first kappa shape index (κ1) is 26.4. The molecule has 0 unspecified atom stereocenters. The van der Waals surface area contributed by atoms with Gasteiger partial charge in [0.15, 0.2) is 23.4 Å². The largest absolute Gasteiger partial charge is 0.385 e. The second kappa shape index (κ2) is 14.4. The number of halogens is 4. The number of methoxy groups -OCH3 is 1. The zero-order valence-corrected chi connectivity index (χ0v) is 18.5. The number of guanidine groups is 1. The number of rotatable bonds is 10. The maximum Gasteiger partial charge on any atom is 0.243 e. The van der Waals surface area contributed by atoms with Crippen molar-refractivity contribution in [3.63, 3.8) is 0 Å². The van der Waals surface area contributed by atoms with E-state index in [0.29, 0.717) is 19.1 Å². The van der Waals surface area contributed by atoms with Crippen LogP contribution in [-0.2, 0) is 9.53 Å². The van der Waals surface area contributed by atoms with Crippen LogP contribution in [0.25, 0.3) is 0 Å². The van der Waals surface area contributed by atoms with E-state index >= 15 is 0 Å². The number of nitrogens with zero attached hydrogens (tertiary/aromatic N) is 2. The Morgan fingerprint density at radius 1 is 1.18 bits per heavy atom. The Morgan fingerprint density at radius 2 is 1.89 bits per heavy atom. The molecule has 0 radical (unpaired) electrons. The standard InChI is InChI=1S/C17H26F3N5O2.HI/c1-21-17(22-7-9-25(2)8-4-10-27-3)23-11-14(26)24-13-6-5-12(18)15(19)16(13)20;/h5-6H,4,7-11H2,1-3H3,(H,24,26)(H2,21,22,23);1H. The molecule has 7 nitrogen and oxygen atoms in total. The van der Waals surface area contributed by atoms with Crippen LogP contribution in [0.5, 0.6) is 0 Å². The number of anilines is 1. The Kier molecular flexibility index (Phi) is 13.6. The first-order valence-corrected chi connectivity index (χ1v) is 8.44. The molecule has 1 aromatic carbocycles. The number of likely N-dealkylation sites (N-methyl/N-ethyl adjacent to an activating group) is 1. The van der Waals surface area contributed by atoms with Crippen LogP contribution in [0.1, 0.15) is 6.42 Å². The van der Waals surface area contributed by atoms with E-state index < -0.39 is 29.0 Å². The van der Waals surface area contributed by atoms with Crippen LogP contribution in [0, 0.1) is 17.5 Å². The quantitative estimate of drug-likeness (QED) is 0.145. The van der Waals surface area contributed by atoms with Gasteiger partial charge in [-0.1, -0.05) is 0 Å². The molecule has 0 fully saturated rings. The molecule has 0 spiro atoms. The molecular weight excluding hydrogens is 490 g/mol. The van der Waals surface area contributed by atoms with Crippen LogP contribution in [0.2, 0.25) is 0 Å². The number of aliphatic imine (C=N–C) groups is 1. The van der Waals surface area contributed by atoms with Gasteiger partial charge in [-0.3, -0.25) is 9.79 Å². The Morgan fingerprint density at radius 3 is 2.54 bits per heavy atom. The van der Waals surface area contributed by atoms with E-state index in [4.69, 9.17) is 4.74 Å². The summed E-state index contributed by atoms with van der Waals surface area (Å²) in [4.78, 5) is 17.9. The summed E-state index contributed by atoms with van der Waals surface area (Å²) in [5.41, 5.74) is -0.429. The topological polar surface area (TPSA) is 78.0 Å². The van der Waals surface area contributed by atoms with E-state index in [1.54, 1.807) is 14.2 Å². The summed E-state index contributed by atoms with van der Waals surface area (Å²) in [6.07, 6.45) is 0.931. The minimum absolute atomic E-state index is 0. The highest BCUT2D eigenvalue weighted by molar-refractivity contribution is 14.0. The molecule has 0 aliphatic carbocycles. The summed E-state index contributed by atoms with van der Waals surface area (Å²) in [5.74, 6) is -4.63. The van der Waals surface area contributed by atoms with E-state index in [2.05, 4.69) is 25.8 Å². The molecular formula is C17H27F3IN5O2. The fraction of sp³-hybridized carbons (Fsp3) is 0.529. The molecule has 0 aliphatic heterocycles. The van der Waals surface area contributed by atoms with Crippen molar-refractivity contribution in [1.29, 1.82) is 0 Å². The van der Waals surface area contributed by atoms with Gasteiger partial charge in [-0.2, -0.15) is 0 Å². The lowest BCUT2D eigenvalue weighted by Crippen LogP contribution is -2.43.